The fraction of sp³-hybridized carbons (Fsp3) is 0.536. The largest absolute Gasteiger partial charge is 0.343 e. The van der Waals surface area contributed by atoms with E-state index in [1.165, 1.54) is 15.9 Å². The maximum atomic E-state index is 13.2. The van der Waals surface area contributed by atoms with E-state index in [0.717, 1.165) is 84.9 Å². The Morgan fingerprint density at radius 3 is 2.41 bits per heavy atom. The highest BCUT2D eigenvalue weighted by Gasteiger charge is 2.41. The van der Waals surface area contributed by atoms with Crippen molar-refractivity contribution in [3.05, 3.63) is 60.7 Å². The fourth-order valence-electron chi connectivity index (χ4n) is 6.50. The van der Waals surface area contributed by atoms with Crippen molar-refractivity contribution in [1.29, 1.82) is 0 Å². The summed E-state index contributed by atoms with van der Waals surface area (Å²) in [5.74, 6) is 1.03. The second kappa shape index (κ2) is 11.2. The zero-order valence-corrected chi connectivity index (χ0v) is 25.0. The third-order valence-corrected chi connectivity index (χ3v) is 10.4. The molecule has 0 radical (unpaired) electrons. The number of likely N-dealkylation sites (tertiary alicyclic amines) is 2. The Kier molecular flexibility index (Phi) is 8.18. The molecular formula is C28H33Br2ClN3O3+. The summed E-state index contributed by atoms with van der Waals surface area (Å²) in [6.45, 7) is 4.59. The van der Waals surface area contributed by atoms with Crippen molar-refractivity contribution in [3.63, 3.8) is 0 Å². The van der Waals surface area contributed by atoms with E-state index < -0.39 is 0 Å². The maximum Gasteiger partial charge on any atom is 0.245 e. The number of amides is 2. The summed E-state index contributed by atoms with van der Waals surface area (Å²) in [4.78, 5) is 28.7. The minimum absolute atomic E-state index is 0.0207. The lowest BCUT2D eigenvalue weighted by Gasteiger charge is -2.37. The van der Waals surface area contributed by atoms with Gasteiger partial charge in [0, 0.05) is 54.3 Å². The highest BCUT2D eigenvalue weighted by molar-refractivity contribution is 9.10. The van der Waals surface area contributed by atoms with Crippen LogP contribution in [-0.2, 0) is 22.4 Å². The van der Waals surface area contributed by atoms with Crippen LogP contribution in [0.25, 0.3) is 0 Å². The summed E-state index contributed by atoms with van der Waals surface area (Å²) in [6, 6.07) is 6.18. The van der Waals surface area contributed by atoms with Crippen molar-refractivity contribution in [1.82, 2.24) is 9.80 Å². The van der Waals surface area contributed by atoms with Crippen molar-refractivity contribution in [2.75, 3.05) is 26.2 Å². The van der Waals surface area contributed by atoms with Gasteiger partial charge in [-0.15, -0.1) is 0 Å². The van der Waals surface area contributed by atoms with Crippen LogP contribution >= 0.6 is 43.5 Å². The zero-order chi connectivity index (χ0) is 26.3. The van der Waals surface area contributed by atoms with Crippen molar-refractivity contribution in [2.24, 2.45) is 11.8 Å². The van der Waals surface area contributed by atoms with E-state index in [0.29, 0.717) is 23.3 Å². The summed E-state index contributed by atoms with van der Waals surface area (Å²) in [7, 11) is 0. The molecular weight excluding hydrogens is 622 g/mol. The SMILES string of the molecule is CC(=O)N1CCC(CC(=O)N2CCC([C@H]3c4ccc(Cl)c(Br)c4CCc4cc(Br)c[n+](O)c43)CC2)CC1. The first kappa shape index (κ1) is 26.9. The van der Waals surface area contributed by atoms with Gasteiger partial charge in [-0.2, -0.15) is 0 Å². The van der Waals surface area contributed by atoms with E-state index in [4.69, 9.17) is 11.6 Å². The van der Waals surface area contributed by atoms with Crippen LogP contribution in [0.15, 0.2) is 33.3 Å². The highest BCUT2D eigenvalue weighted by atomic mass is 79.9. The number of pyridine rings is 1. The number of rotatable bonds is 3. The maximum absolute atomic E-state index is 13.2. The van der Waals surface area contributed by atoms with Gasteiger partial charge in [-0.3, -0.25) is 14.8 Å². The first-order valence-electron chi connectivity index (χ1n) is 13.2. The average Bonchev–Trinajstić information content (AvgIpc) is 3.04. The minimum atomic E-state index is 0.0207. The molecule has 6 nitrogen and oxygen atoms in total. The molecule has 2 aromatic rings. The van der Waals surface area contributed by atoms with Crippen LogP contribution in [0.5, 0.6) is 0 Å². The number of aryl methyl sites for hydroxylation is 1. The molecule has 0 spiro atoms. The zero-order valence-electron chi connectivity index (χ0n) is 21.1. The molecule has 3 aliphatic rings. The van der Waals surface area contributed by atoms with Crippen LogP contribution in [0, 0.1) is 11.8 Å². The number of hydrogen-bond acceptors (Lipinski definition) is 3. The van der Waals surface area contributed by atoms with Crippen molar-refractivity contribution in [2.45, 2.75) is 57.8 Å². The molecule has 37 heavy (non-hydrogen) atoms. The van der Waals surface area contributed by atoms with Gasteiger partial charge >= 0.3 is 0 Å². The van der Waals surface area contributed by atoms with Gasteiger partial charge in [-0.05, 0) is 105 Å². The van der Waals surface area contributed by atoms with E-state index in [2.05, 4.69) is 44.0 Å². The summed E-state index contributed by atoms with van der Waals surface area (Å²) >= 11 is 13.8. The number of halogens is 3. The molecule has 0 saturated carbocycles. The Labute approximate surface area is 240 Å². The van der Waals surface area contributed by atoms with Crippen molar-refractivity contribution < 1.29 is 19.5 Å². The predicted octanol–water partition coefficient (Wildman–Crippen LogP) is 5.51. The molecule has 3 heterocycles. The molecule has 2 aliphatic heterocycles. The van der Waals surface area contributed by atoms with E-state index in [1.807, 2.05) is 15.9 Å². The number of carbonyl (C=O) groups excluding carboxylic acids is 2. The third kappa shape index (κ3) is 5.57. The van der Waals surface area contributed by atoms with E-state index in [9.17, 15) is 14.8 Å². The van der Waals surface area contributed by atoms with Crippen LogP contribution in [0.4, 0.5) is 0 Å². The van der Waals surface area contributed by atoms with Gasteiger partial charge in [0.1, 0.15) is 0 Å². The Morgan fingerprint density at radius 1 is 1.05 bits per heavy atom. The molecule has 2 fully saturated rings. The van der Waals surface area contributed by atoms with Crippen LogP contribution < -0.4 is 4.73 Å². The van der Waals surface area contributed by atoms with Crippen LogP contribution in [-0.4, -0.2) is 53.0 Å². The molecule has 1 aliphatic carbocycles. The molecule has 1 N–H and O–H groups in total. The quantitative estimate of drug-likeness (QED) is 0.351. The molecule has 1 atom stereocenters. The van der Waals surface area contributed by atoms with Crippen LogP contribution in [0.1, 0.15) is 67.3 Å². The average molecular weight is 655 g/mol. The minimum Gasteiger partial charge on any atom is -0.343 e. The van der Waals surface area contributed by atoms with Crippen molar-refractivity contribution in [3.8, 4) is 0 Å². The molecule has 2 amide bonds. The Balaban J connectivity index is 1.33. The summed E-state index contributed by atoms with van der Waals surface area (Å²) < 4.78 is 3.09. The number of aromatic nitrogens is 1. The monoisotopic (exact) mass is 652 g/mol. The predicted molar refractivity (Wildman–Crippen MR) is 149 cm³/mol. The Morgan fingerprint density at radius 2 is 1.73 bits per heavy atom. The summed E-state index contributed by atoms with van der Waals surface area (Å²) in [5, 5.41) is 11.8. The van der Waals surface area contributed by atoms with Gasteiger partial charge in [-0.1, -0.05) is 17.7 Å². The Hall–Kier alpha value is -1.64. The van der Waals surface area contributed by atoms with E-state index >= 15 is 0 Å². The fourth-order valence-corrected chi connectivity index (χ4v) is 7.71. The van der Waals surface area contributed by atoms with Gasteiger partial charge in [-0.25, -0.2) is 0 Å². The van der Waals surface area contributed by atoms with Gasteiger partial charge in [0.2, 0.25) is 23.7 Å². The number of hydrogen-bond donors (Lipinski definition) is 1. The number of piperidine rings is 2. The van der Waals surface area contributed by atoms with E-state index in [1.54, 1.807) is 13.1 Å². The number of nitrogens with zero attached hydrogens (tertiary/aromatic N) is 3. The lowest BCUT2D eigenvalue weighted by molar-refractivity contribution is -0.911. The van der Waals surface area contributed by atoms with Gasteiger partial charge in [0.15, 0.2) is 0 Å². The molecule has 198 valence electrons. The number of carbonyl (C=O) groups is 2. The molecule has 0 unspecified atom stereocenters. The smallest absolute Gasteiger partial charge is 0.245 e. The lowest BCUT2D eigenvalue weighted by atomic mass is 9.76. The third-order valence-electron chi connectivity index (χ3n) is 8.53. The molecule has 9 heteroatoms. The summed E-state index contributed by atoms with van der Waals surface area (Å²) in [5.41, 5.74) is 4.50. The highest BCUT2D eigenvalue weighted by Crippen LogP contribution is 2.45. The first-order chi connectivity index (χ1) is 17.7. The molecule has 1 aromatic heterocycles. The summed E-state index contributed by atoms with van der Waals surface area (Å²) in [6.07, 6.45) is 7.53. The Bertz CT molecular complexity index is 1210. The normalized spacial score (nSPS) is 20.8. The topological polar surface area (TPSA) is 64.7 Å². The second-order valence-electron chi connectivity index (χ2n) is 10.7. The van der Waals surface area contributed by atoms with Crippen LogP contribution in [0.2, 0.25) is 5.02 Å². The lowest BCUT2D eigenvalue weighted by Crippen LogP contribution is -2.44. The molecule has 2 saturated heterocycles. The van der Waals surface area contributed by atoms with Crippen molar-refractivity contribution >= 4 is 55.3 Å². The second-order valence-corrected chi connectivity index (χ2v) is 12.8. The molecule has 5 rings (SSSR count). The van der Waals surface area contributed by atoms with Gasteiger partial charge in [0.05, 0.1) is 15.4 Å². The van der Waals surface area contributed by atoms with Gasteiger partial charge in [0.25, 0.3) is 0 Å². The first-order valence-corrected chi connectivity index (χ1v) is 15.1. The van der Waals surface area contributed by atoms with Crippen LogP contribution in [0.3, 0.4) is 0 Å². The standard InChI is InChI=1S/C28H33Br2ClN3O3/c1-17(35)32-10-6-18(7-11-32)14-25(36)33-12-8-19(9-13-33)26-22-4-5-24(31)27(30)23(22)3-2-20-15-21(29)16-34(37)28(20)26/h4-5,15-16,18-19,26,37H,2-3,6-14H2,1H3/q+1/t26-/m0/s1. The van der Waals surface area contributed by atoms with E-state index in [-0.39, 0.29) is 17.7 Å². The van der Waals surface area contributed by atoms with Gasteiger partial charge < -0.3 is 9.80 Å². The molecule has 0 bridgehead atoms. The number of fused-ring (bicyclic) bond motifs is 2. The number of benzene rings is 1. The molecule has 1 aromatic carbocycles.